The van der Waals surface area contributed by atoms with Gasteiger partial charge in [0.2, 0.25) is 0 Å². The van der Waals surface area contributed by atoms with Crippen LogP contribution in [0.15, 0.2) is 22.7 Å². The lowest BCUT2D eigenvalue weighted by Crippen LogP contribution is -2.34. The van der Waals surface area contributed by atoms with Gasteiger partial charge in [-0.05, 0) is 43.5 Å². The summed E-state index contributed by atoms with van der Waals surface area (Å²) in [5.74, 6) is 0.494. The highest BCUT2D eigenvalue weighted by molar-refractivity contribution is 9.10. The molecule has 0 aliphatic carbocycles. The Morgan fingerprint density at radius 3 is 2.67 bits per heavy atom. The van der Waals surface area contributed by atoms with Gasteiger partial charge in [0.15, 0.2) is 0 Å². The Morgan fingerprint density at radius 1 is 1.39 bits per heavy atom. The van der Waals surface area contributed by atoms with Crippen molar-refractivity contribution in [2.45, 2.75) is 19.4 Å². The minimum absolute atomic E-state index is 0.332. The fourth-order valence-corrected chi connectivity index (χ4v) is 2.95. The molecule has 4 heteroatoms. The zero-order chi connectivity index (χ0) is 13.0. The van der Waals surface area contributed by atoms with Gasteiger partial charge in [-0.3, -0.25) is 0 Å². The lowest BCUT2D eigenvalue weighted by molar-refractivity contribution is 0.203. The zero-order valence-electron chi connectivity index (χ0n) is 10.8. The molecule has 1 aliphatic rings. The van der Waals surface area contributed by atoms with Crippen LogP contribution in [0, 0.1) is 5.92 Å². The average molecular weight is 313 g/mol. The lowest BCUT2D eigenvalue weighted by atomic mass is 9.97. The van der Waals surface area contributed by atoms with Crippen LogP contribution in [0.25, 0.3) is 0 Å². The molecule has 0 spiro atoms. The van der Waals surface area contributed by atoms with E-state index in [4.69, 9.17) is 5.11 Å². The van der Waals surface area contributed by atoms with Crippen molar-refractivity contribution in [3.63, 3.8) is 0 Å². The first-order chi connectivity index (χ1) is 8.74. The molecular weight excluding hydrogens is 292 g/mol. The molecule has 1 fully saturated rings. The van der Waals surface area contributed by atoms with E-state index in [-0.39, 0.29) is 0 Å². The highest BCUT2D eigenvalue weighted by Crippen LogP contribution is 2.27. The first-order valence-electron chi connectivity index (χ1n) is 6.53. The van der Waals surface area contributed by atoms with Gasteiger partial charge in [-0.25, -0.2) is 0 Å². The van der Waals surface area contributed by atoms with Crippen molar-refractivity contribution in [2.75, 3.05) is 31.6 Å². The third-order valence-corrected chi connectivity index (χ3v) is 4.38. The summed E-state index contributed by atoms with van der Waals surface area (Å²) in [6, 6.07) is 6.57. The number of hydrogen-bond donors (Lipinski definition) is 2. The second kappa shape index (κ2) is 6.55. The molecule has 18 heavy (non-hydrogen) atoms. The first-order valence-corrected chi connectivity index (χ1v) is 7.32. The molecule has 3 nitrogen and oxygen atoms in total. The van der Waals surface area contributed by atoms with Crippen LogP contribution < -0.4 is 10.2 Å². The molecule has 0 aromatic heterocycles. The lowest BCUT2D eigenvalue weighted by Gasteiger charge is -2.33. The van der Waals surface area contributed by atoms with E-state index in [2.05, 4.69) is 44.3 Å². The van der Waals surface area contributed by atoms with Crippen molar-refractivity contribution < 1.29 is 5.11 Å². The topological polar surface area (TPSA) is 35.5 Å². The van der Waals surface area contributed by atoms with Crippen LogP contribution in [0.5, 0.6) is 0 Å². The van der Waals surface area contributed by atoms with Gasteiger partial charge >= 0.3 is 0 Å². The number of aliphatic hydroxyl groups is 1. The van der Waals surface area contributed by atoms with Gasteiger partial charge in [0.05, 0.1) is 0 Å². The van der Waals surface area contributed by atoms with Crippen LogP contribution in [-0.4, -0.2) is 31.9 Å². The molecule has 100 valence electrons. The van der Waals surface area contributed by atoms with Crippen LogP contribution in [-0.2, 0) is 6.54 Å². The smallest absolute Gasteiger partial charge is 0.0460 e. The van der Waals surface area contributed by atoms with Gasteiger partial charge < -0.3 is 15.3 Å². The predicted molar refractivity (Wildman–Crippen MR) is 78.9 cm³/mol. The summed E-state index contributed by atoms with van der Waals surface area (Å²) < 4.78 is 1.17. The summed E-state index contributed by atoms with van der Waals surface area (Å²) in [7, 11) is 1.96. The second-order valence-electron chi connectivity index (χ2n) is 4.92. The normalized spacial score (nSPS) is 17.2. The number of benzene rings is 1. The molecule has 2 rings (SSSR count). The number of aliphatic hydroxyl groups excluding tert-OH is 1. The van der Waals surface area contributed by atoms with Crippen molar-refractivity contribution >= 4 is 21.6 Å². The van der Waals surface area contributed by atoms with Gasteiger partial charge in [0, 0.05) is 36.4 Å². The molecule has 1 saturated heterocycles. The summed E-state index contributed by atoms with van der Waals surface area (Å²) in [6.45, 7) is 3.30. The van der Waals surface area contributed by atoms with E-state index in [1.807, 2.05) is 7.05 Å². The maximum Gasteiger partial charge on any atom is 0.0460 e. The molecule has 0 atom stereocenters. The minimum atomic E-state index is 0.332. The number of nitrogens with one attached hydrogen (secondary N) is 1. The van der Waals surface area contributed by atoms with Gasteiger partial charge in [0.25, 0.3) is 0 Å². The minimum Gasteiger partial charge on any atom is -0.396 e. The summed E-state index contributed by atoms with van der Waals surface area (Å²) in [4.78, 5) is 2.40. The van der Waals surface area contributed by atoms with E-state index in [0.717, 1.165) is 32.5 Å². The van der Waals surface area contributed by atoms with Crippen LogP contribution in [0.1, 0.15) is 18.4 Å². The Morgan fingerprint density at radius 2 is 2.11 bits per heavy atom. The molecule has 0 radical (unpaired) electrons. The number of piperidine rings is 1. The second-order valence-corrected chi connectivity index (χ2v) is 5.77. The molecule has 0 unspecified atom stereocenters. The summed E-state index contributed by atoms with van der Waals surface area (Å²) in [6.07, 6.45) is 2.18. The quantitative estimate of drug-likeness (QED) is 0.896. The summed E-state index contributed by atoms with van der Waals surface area (Å²) >= 11 is 3.63. The maximum absolute atomic E-state index is 9.15. The van der Waals surface area contributed by atoms with Crippen LogP contribution >= 0.6 is 15.9 Å². The number of hydrogen-bond acceptors (Lipinski definition) is 3. The van der Waals surface area contributed by atoms with Gasteiger partial charge in [-0.2, -0.15) is 0 Å². The molecule has 0 bridgehead atoms. The van der Waals surface area contributed by atoms with E-state index in [9.17, 15) is 0 Å². The van der Waals surface area contributed by atoms with E-state index in [0.29, 0.717) is 12.5 Å². The Bertz CT molecular complexity index is 389. The summed E-state index contributed by atoms with van der Waals surface area (Å²) in [5, 5.41) is 12.3. The van der Waals surface area contributed by atoms with E-state index >= 15 is 0 Å². The van der Waals surface area contributed by atoms with Crippen molar-refractivity contribution in [2.24, 2.45) is 5.92 Å². The third kappa shape index (κ3) is 3.25. The number of anilines is 1. The zero-order valence-corrected chi connectivity index (χ0v) is 12.4. The van der Waals surface area contributed by atoms with Gasteiger partial charge in [0.1, 0.15) is 0 Å². The van der Waals surface area contributed by atoms with Gasteiger partial charge in [-0.1, -0.05) is 22.0 Å². The van der Waals surface area contributed by atoms with Crippen molar-refractivity contribution in [3.8, 4) is 0 Å². The Kier molecular flexibility index (Phi) is 5.03. The maximum atomic E-state index is 9.15. The SMILES string of the molecule is CNCc1ccc(N2CCC(CO)CC2)cc1Br. The summed E-state index contributed by atoms with van der Waals surface area (Å²) in [5.41, 5.74) is 2.56. The Labute approximate surface area is 117 Å². The number of halogens is 1. The third-order valence-electron chi connectivity index (χ3n) is 3.64. The van der Waals surface area contributed by atoms with Gasteiger partial charge in [-0.15, -0.1) is 0 Å². The van der Waals surface area contributed by atoms with Crippen LogP contribution in [0.4, 0.5) is 5.69 Å². The molecule has 1 heterocycles. The molecule has 2 N–H and O–H groups in total. The molecule has 1 aromatic carbocycles. The average Bonchev–Trinajstić information content (AvgIpc) is 2.41. The highest BCUT2D eigenvalue weighted by Gasteiger charge is 2.19. The molecule has 1 aliphatic heterocycles. The van der Waals surface area contributed by atoms with Crippen LogP contribution in [0.3, 0.4) is 0 Å². The van der Waals surface area contributed by atoms with E-state index < -0.39 is 0 Å². The Balaban J connectivity index is 2.03. The molecular formula is C14H21BrN2O. The van der Waals surface area contributed by atoms with E-state index in [1.165, 1.54) is 15.7 Å². The Hall–Kier alpha value is -0.580. The largest absolute Gasteiger partial charge is 0.396 e. The van der Waals surface area contributed by atoms with Crippen molar-refractivity contribution in [1.82, 2.24) is 5.32 Å². The number of nitrogens with zero attached hydrogens (tertiary/aromatic N) is 1. The van der Waals surface area contributed by atoms with Crippen molar-refractivity contribution in [3.05, 3.63) is 28.2 Å². The fraction of sp³-hybridized carbons (Fsp3) is 0.571. The monoisotopic (exact) mass is 312 g/mol. The molecule has 0 amide bonds. The first kappa shape index (κ1) is 13.8. The highest BCUT2D eigenvalue weighted by atomic mass is 79.9. The van der Waals surface area contributed by atoms with Crippen molar-refractivity contribution in [1.29, 1.82) is 0 Å². The standard InChI is InChI=1S/C14H21BrN2O/c1-16-9-12-2-3-13(8-14(12)15)17-6-4-11(10-18)5-7-17/h2-3,8,11,16,18H,4-7,9-10H2,1H3. The van der Waals surface area contributed by atoms with E-state index in [1.54, 1.807) is 0 Å². The molecule has 1 aromatic rings. The van der Waals surface area contributed by atoms with Crippen LogP contribution in [0.2, 0.25) is 0 Å². The molecule has 0 saturated carbocycles. The predicted octanol–water partition coefficient (Wildman–Crippen LogP) is 2.38. The number of rotatable bonds is 4. The fourth-order valence-electron chi connectivity index (χ4n) is 2.44.